The van der Waals surface area contributed by atoms with Gasteiger partial charge in [0.05, 0.1) is 18.0 Å². The topological polar surface area (TPSA) is 49.4 Å². The number of rotatable bonds is 5. The zero-order valence-corrected chi connectivity index (χ0v) is 8.68. The lowest BCUT2D eigenvalue weighted by molar-refractivity contribution is 0.263. The molecular weight excluding hydrogens is 188 g/mol. The SMILES string of the molecule is O=S([O-])OCCCC1CCCCC1. The number of hydrogen-bond donors (Lipinski definition) is 0. The predicted molar refractivity (Wildman–Crippen MR) is 50.7 cm³/mol. The first-order chi connectivity index (χ1) is 6.29. The fourth-order valence-electron chi connectivity index (χ4n) is 1.97. The molecule has 4 heteroatoms. The zero-order valence-electron chi connectivity index (χ0n) is 7.87. The van der Waals surface area contributed by atoms with Crippen molar-refractivity contribution in [3.63, 3.8) is 0 Å². The van der Waals surface area contributed by atoms with Crippen LogP contribution in [-0.4, -0.2) is 15.4 Å². The summed E-state index contributed by atoms with van der Waals surface area (Å²) in [5.41, 5.74) is 0. The summed E-state index contributed by atoms with van der Waals surface area (Å²) >= 11 is -2.32. The van der Waals surface area contributed by atoms with Crippen molar-refractivity contribution in [2.24, 2.45) is 5.92 Å². The van der Waals surface area contributed by atoms with Gasteiger partial charge in [-0.05, 0) is 18.8 Å². The van der Waals surface area contributed by atoms with Gasteiger partial charge in [-0.25, -0.2) is 4.21 Å². The Hall–Kier alpha value is 0.0700. The summed E-state index contributed by atoms with van der Waals surface area (Å²) in [6.07, 6.45) is 8.70. The molecule has 0 aromatic carbocycles. The Bertz CT molecular complexity index is 155. The van der Waals surface area contributed by atoms with Gasteiger partial charge in [0, 0.05) is 0 Å². The smallest absolute Gasteiger partial charge is 0.0842 e. The van der Waals surface area contributed by atoms with Crippen LogP contribution in [0.25, 0.3) is 0 Å². The maximum Gasteiger partial charge on any atom is 0.0842 e. The van der Waals surface area contributed by atoms with E-state index in [1.54, 1.807) is 0 Å². The van der Waals surface area contributed by atoms with E-state index >= 15 is 0 Å². The summed E-state index contributed by atoms with van der Waals surface area (Å²) in [7, 11) is 0. The van der Waals surface area contributed by atoms with E-state index in [0.29, 0.717) is 6.61 Å². The molecule has 1 unspecified atom stereocenters. The molecule has 13 heavy (non-hydrogen) atoms. The van der Waals surface area contributed by atoms with Gasteiger partial charge in [-0.3, -0.25) is 0 Å². The minimum absolute atomic E-state index is 0.354. The van der Waals surface area contributed by atoms with Crippen molar-refractivity contribution in [1.82, 2.24) is 0 Å². The summed E-state index contributed by atoms with van der Waals surface area (Å²) in [5, 5.41) is 0. The third-order valence-electron chi connectivity index (χ3n) is 2.66. The molecule has 1 fully saturated rings. The second kappa shape index (κ2) is 6.51. The van der Waals surface area contributed by atoms with Gasteiger partial charge in [0.15, 0.2) is 0 Å². The van der Waals surface area contributed by atoms with Gasteiger partial charge in [-0.15, -0.1) is 0 Å². The minimum atomic E-state index is -2.32. The Balaban J connectivity index is 1.95. The third kappa shape index (κ3) is 5.39. The second-order valence-corrected chi connectivity index (χ2v) is 4.32. The van der Waals surface area contributed by atoms with E-state index in [2.05, 4.69) is 4.18 Å². The van der Waals surface area contributed by atoms with Gasteiger partial charge in [-0.2, -0.15) is 0 Å². The van der Waals surface area contributed by atoms with Crippen molar-refractivity contribution >= 4 is 11.4 Å². The maximum absolute atomic E-state index is 10.0. The van der Waals surface area contributed by atoms with Gasteiger partial charge in [0.25, 0.3) is 0 Å². The molecule has 0 bridgehead atoms. The summed E-state index contributed by atoms with van der Waals surface area (Å²) in [5.74, 6) is 0.817. The van der Waals surface area contributed by atoms with Crippen molar-refractivity contribution in [1.29, 1.82) is 0 Å². The van der Waals surface area contributed by atoms with E-state index < -0.39 is 11.4 Å². The standard InChI is InChI=1S/C9H18O3S/c10-13(11)12-8-4-7-9-5-2-1-3-6-9/h9H,1-8H2,(H,10,11)/p-1. The summed E-state index contributed by atoms with van der Waals surface area (Å²) < 4.78 is 24.5. The molecule has 1 aliphatic rings. The summed E-state index contributed by atoms with van der Waals surface area (Å²) in [6, 6.07) is 0. The van der Waals surface area contributed by atoms with Gasteiger partial charge in [-0.1, -0.05) is 32.1 Å². The van der Waals surface area contributed by atoms with E-state index in [4.69, 9.17) is 0 Å². The van der Waals surface area contributed by atoms with Gasteiger partial charge >= 0.3 is 0 Å². The molecule has 1 aliphatic carbocycles. The highest BCUT2D eigenvalue weighted by Gasteiger charge is 2.12. The molecule has 0 saturated heterocycles. The lowest BCUT2D eigenvalue weighted by Crippen LogP contribution is -2.07. The first-order valence-corrected chi connectivity index (χ1v) is 6.01. The molecule has 0 radical (unpaired) electrons. The molecule has 0 aromatic heterocycles. The van der Waals surface area contributed by atoms with Crippen molar-refractivity contribution in [2.45, 2.75) is 44.9 Å². The van der Waals surface area contributed by atoms with E-state index in [9.17, 15) is 8.76 Å². The Morgan fingerprint density at radius 3 is 2.62 bits per heavy atom. The van der Waals surface area contributed by atoms with E-state index in [1.165, 1.54) is 32.1 Å². The molecule has 0 heterocycles. The molecule has 0 N–H and O–H groups in total. The van der Waals surface area contributed by atoms with Crippen LogP contribution in [0.5, 0.6) is 0 Å². The Morgan fingerprint density at radius 1 is 1.31 bits per heavy atom. The average Bonchev–Trinajstić information content (AvgIpc) is 2.14. The largest absolute Gasteiger partial charge is 0.750 e. The predicted octanol–water partition coefficient (Wildman–Crippen LogP) is 2.16. The molecule has 0 aromatic rings. The zero-order chi connectivity index (χ0) is 9.52. The van der Waals surface area contributed by atoms with E-state index in [0.717, 1.165) is 18.8 Å². The van der Waals surface area contributed by atoms with Crippen LogP contribution < -0.4 is 0 Å². The van der Waals surface area contributed by atoms with Crippen LogP contribution in [0.15, 0.2) is 0 Å². The van der Waals surface area contributed by atoms with Crippen LogP contribution in [0.3, 0.4) is 0 Å². The Morgan fingerprint density at radius 2 is 2.00 bits per heavy atom. The molecule has 0 spiro atoms. The van der Waals surface area contributed by atoms with Crippen molar-refractivity contribution < 1.29 is 12.9 Å². The molecule has 0 aliphatic heterocycles. The highest BCUT2D eigenvalue weighted by Crippen LogP contribution is 2.27. The first-order valence-electron chi connectivity index (χ1n) is 5.01. The van der Waals surface area contributed by atoms with Crippen LogP contribution >= 0.6 is 0 Å². The first kappa shape index (κ1) is 11.1. The van der Waals surface area contributed by atoms with Crippen LogP contribution in [0.4, 0.5) is 0 Å². The molecule has 1 atom stereocenters. The highest BCUT2D eigenvalue weighted by atomic mass is 32.2. The van der Waals surface area contributed by atoms with E-state index in [1.807, 2.05) is 0 Å². The van der Waals surface area contributed by atoms with Gasteiger partial charge < -0.3 is 8.74 Å². The Labute approximate surface area is 82.4 Å². The van der Waals surface area contributed by atoms with Crippen LogP contribution in [0.2, 0.25) is 0 Å². The molecular formula is C9H17O3S-. The third-order valence-corrected chi connectivity index (χ3v) is 3.02. The fraction of sp³-hybridized carbons (Fsp3) is 1.00. The van der Waals surface area contributed by atoms with Crippen LogP contribution in [0.1, 0.15) is 44.9 Å². The average molecular weight is 205 g/mol. The summed E-state index contributed by atoms with van der Waals surface area (Å²) in [4.78, 5) is 0. The van der Waals surface area contributed by atoms with Gasteiger partial charge in [0.2, 0.25) is 0 Å². The lowest BCUT2D eigenvalue weighted by Gasteiger charge is -2.21. The fourth-order valence-corrected chi connectivity index (χ4v) is 2.23. The number of hydrogen-bond acceptors (Lipinski definition) is 3. The maximum atomic E-state index is 10.0. The minimum Gasteiger partial charge on any atom is -0.750 e. The molecule has 3 nitrogen and oxygen atoms in total. The molecule has 1 rings (SSSR count). The monoisotopic (exact) mass is 205 g/mol. The van der Waals surface area contributed by atoms with E-state index in [-0.39, 0.29) is 0 Å². The van der Waals surface area contributed by atoms with Gasteiger partial charge in [0.1, 0.15) is 0 Å². The normalized spacial score (nSPS) is 21.6. The lowest BCUT2D eigenvalue weighted by atomic mass is 9.86. The molecule has 1 saturated carbocycles. The Kier molecular flexibility index (Phi) is 5.58. The quantitative estimate of drug-likeness (QED) is 0.510. The van der Waals surface area contributed by atoms with Crippen molar-refractivity contribution in [3.05, 3.63) is 0 Å². The van der Waals surface area contributed by atoms with Crippen molar-refractivity contribution in [3.8, 4) is 0 Å². The summed E-state index contributed by atoms with van der Waals surface area (Å²) in [6.45, 7) is 0.354. The van der Waals surface area contributed by atoms with Crippen LogP contribution in [0, 0.1) is 5.92 Å². The highest BCUT2D eigenvalue weighted by molar-refractivity contribution is 7.74. The van der Waals surface area contributed by atoms with Crippen LogP contribution in [-0.2, 0) is 15.5 Å². The second-order valence-electron chi connectivity index (χ2n) is 3.67. The molecule has 0 amide bonds. The molecule has 78 valence electrons. The van der Waals surface area contributed by atoms with Crippen molar-refractivity contribution in [2.75, 3.05) is 6.61 Å².